The third kappa shape index (κ3) is 3.59. The van der Waals surface area contributed by atoms with Gasteiger partial charge in [0.05, 0.1) is 5.52 Å². The van der Waals surface area contributed by atoms with Gasteiger partial charge in [-0.1, -0.05) is 23.7 Å². The number of halogens is 1. The minimum absolute atomic E-state index is 0.0329. The molecule has 1 amide bonds. The Hall–Kier alpha value is -2.59. The number of carbonyl (C=O) groups is 1. The molecule has 0 atom stereocenters. The highest BCUT2D eigenvalue weighted by Crippen LogP contribution is 2.21. The van der Waals surface area contributed by atoms with Crippen LogP contribution in [0.1, 0.15) is 16.7 Å². The summed E-state index contributed by atoms with van der Waals surface area (Å²) in [5.41, 5.74) is 4.31. The van der Waals surface area contributed by atoms with Crippen LogP contribution in [0.3, 0.4) is 0 Å². The van der Waals surface area contributed by atoms with E-state index in [0.29, 0.717) is 16.1 Å². The monoisotopic (exact) mass is 354 g/mol. The number of pyridine rings is 1. The van der Waals surface area contributed by atoms with Crippen LogP contribution >= 0.6 is 11.6 Å². The van der Waals surface area contributed by atoms with Crippen LogP contribution in [0.5, 0.6) is 0 Å². The number of hydrogen-bond donors (Lipinski definition) is 1. The lowest BCUT2D eigenvalue weighted by Crippen LogP contribution is -2.20. The van der Waals surface area contributed by atoms with Gasteiger partial charge in [0.15, 0.2) is 5.43 Å². The first-order valence-corrected chi connectivity index (χ1v) is 8.39. The molecule has 3 rings (SSSR count). The average molecular weight is 355 g/mol. The van der Waals surface area contributed by atoms with Gasteiger partial charge in [-0.3, -0.25) is 9.59 Å². The lowest BCUT2D eigenvalue weighted by atomic mass is 10.1. The van der Waals surface area contributed by atoms with E-state index in [1.54, 1.807) is 16.8 Å². The third-order valence-corrected chi connectivity index (χ3v) is 4.60. The van der Waals surface area contributed by atoms with Crippen molar-refractivity contribution < 1.29 is 4.79 Å². The molecule has 0 aliphatic carbocycles. The number of amides is 1. The molecule has 0 unspecified atom stereocenters. The fraction of sp³-hybridized carbons (Fsp3) is 0.200. The zero-order valence-corrected chi connectivity index (χ0v) is 15.1. The Morgan fingerprint density at radius 1 is 1.08 bits per heavy atom. The number of aryl methyl sites for hydroxylation is 3. The number of anilines is 1. The minimum atomic E-state index is -0.177. The average Bonchev–Trinajstić information content (AvgIpc) is 2.53. The van der Waals surface area contributed by atoms with Gasteiger partial charge in [-0.2, -0.15) is 0 Å². The fourth-order valence-electron chi connectivity index (χ4n) is 2.98. The van der Waals surface area contributed by atoms with Crippen molar-refractivity contribution >= 4 is 34.1 Å². The first-order chi connectivity index (χ1) is 11.8. The summed E-state index contributed by atoms with van der Waals surface area (Å²) in [5.74, 6) is -0.177. The van der Waals surface area contributed by atoms with Crippen LogP contribution in [0.15, 0.2) is 47.4 Å². The smallest absolute Gasteiger partial charge is 0.244 e. The summed E-state index contributed by atoms with van der Waals surface area (Å²) in [4.78, 5) is 24.6. The van der Waals surface area contributed by atoms with Crippen molar-refractivity contribution in [1.29, 1.82) is 0 Å². The van der Waals surface area contributed by atoms with Crippen molar-refractivity contribution in [3.05, 3.63) is 74.5 Å². The highest BCUT2D eigenvalue weighted by molar-refractivity contribution is 6.31. The fourth-order valence-corrected chi connectivity index (χ4v) is 3.16. The summed E-state index contributed by atoms with van der Waals surface area (Å²) < 4.78 is 1.79. The van der Waals surface area contributed by atoms with Crippen LogP contribution in [-0.2, 0) is 11.3 Å². The maximum Gasteiger partial charge on any atom is 0.244 e. The molecule has 2 aromatic carbocycles. The largest absolute Gasteiger partial charge is 0.338 e. The summed E-state index contributed by atoms with van der Waals surface area (Å²) in [7, 11) is 0. The van der Waals surface area contributed by atoms with Gasteiger partial charge in [0, 0.05) is 28.4 Å². The van der Waals surface area contributed by atoms with Crippen LogP contribution in [0, 0.1) is 20.8 Å². The highest BCUT2D eigenvalue weighted by atomic mass is 35.5. The lowest BCUT2D eigenvalue weighted by molar-refractivity contribution is -0.116. The van der Waals surface area contributed by atoms with E-state index in [9.17, 15) is 9.59 Å². The molecule has 5 heteroatoms. The number of hydrogen-bond acceptors (Lipinski definition) is 2. The van der Waals surface area contributed by atoms with Crippen LogP contribution in [0.4, 0.5) is 5.69 Å². The van der Waals surface area contributed by atoms with E-state index in [2.05, 4.69) is 5.32 Å². The standard InChI is InChI=1S/C20H19ClN2O2/c1-12-8-14(3)20-17(9-12)23(7-6-18(20)24)11-19(25)22-15-5-4-13(2)16(21)10-15/h4-10H,11H2,1-3H3,(H,22,25). The van der Waals surface area contributed by atoms with E-state index in [1.807, 2.05) is 45.0 Å². The normalized spacial score (nSPS) is 10.9. The molecule has 4 nitrogen and oxygen atoms in total. The van der Waals surface area contributed by atoms with Gasteiger partial charge in [0.25, 0.3) is 0 Å². The third-order valence-electron chi connectivity index (χ3n) is 4.19. The van der Waals surface area contributed by atoms with Crippen LogP contribution in [0.2, 0.25) is 5.02 Å². The second kappa shape index (κ2) is 6.73. The molecule has 0 aliphatic heterocycles. The van der Waals surface area contributed by atoms with Crippen molar-refractivity contribution in [3.8, 4) is 0 Å². The molecule has 0 fully saturated rings. The second-order valence-corrected chi connectivity index (χ2v) is 6.70. The van der Waals surface area contributed by atoms with E-state index >= 15 is 0 Å². The molecule has 0 spiro atoms. The summed E-state index contributed by atoms with van der Waals surface area (Å²) in [6.07, 6.45) is 1.66. The van der Waals surface area contributed by atoms with Gasteiger partial charge in [-0.05, 0) is 55.7 Å². The number of aromatic nitrogens is 1. The molecule has 1 heterocycles. The summed E-state index contributed by atoms with van der Waals surface area (Å²) in [5, 5.41) is 4.11. The molecule has 0 bridgehead atoms. The summed E-state index contributed by atoms with van der Waals surface area (Å²) in [6, 6.07) is 10.8. The van der Waals surface area contributed by atoms with E-state index in [0.717, 1.165) is 22.2 Å². The number of carbonyl (C=O) groups excluding carboxylic acids is 1. The highest BCUT2D eigenvalue weighted by Gasteiger charge is 2.10. The molecule has 128 valence electrons. The van der Waals surface area contributed by atoms with Crippen LogP contribution in [-0.4, -0.2) is 10.5 Å². The quantitative estimate of drug-likeness (QED) is 0.765. The predicted molar refractivity (Wildman–Crippen MR) is 103 cm³/mol. The summed E-state index contributed by atoms with van der Waals surface area (Å²) >= 11 is 6.10. The Bertz CT molecular complexity index is 1040. The molecule has 0 saturated heterocycles. The molecule has 0 aliphatic rings. The van der Waals surface area contributed by atoms with Crippen molar-refractivity contribution in [2.24, 2.45) is 0 Å². The molecule has 0 saturated carbocycles. The van der Waals surface area contributed by atoms with Gasteiger partial charge in [0.1, 0.15) is 6.54 Å². The Morgan fingerprint density at radius 2 is 1.84 bits per heavy atom. The SMILES string of the molecule is Cc1cc(C)c2c(=O)ccn(CC(=O)Nc3ccc(C)c(Cl)c3)c2c1. The zero-order chi connectivity index (χ0) is 18.1. The van der Waals surface area contributed by atoms with Gasteiger partial charge in [0.2, 0.25) is 5.91 Å². The van der Waals surface area contributed by atoms with Gasteiger partial charge in [-0.15, -0.1) is 0 Å². The minimum Gasteiger partial charge on any atom is -0.338 e. The molecular weight excluding hydrogens is 336 g/mol. The number of benzene rings is 2. The Labute approximate surface area is 151 Å². The number of rotatable bonds is 3. The lowest BCUT2D eigenvalue weighted by Gasteiger charge is -2.13. The topological polar surface area (TPSA) is 51.1 Å². The number of fused-ring (bicyclic) bond motifs is 1. The maximum atomic E-state index is 12.4. The Kier molecular flexibility index (Phi) is 4.64. The van der Waals surface area contributed by atoms with Gasteiger partial charge >= 0.3 is 0 Å². The van der Waals surface area contributed by atoms with Gasteiger partial charge < -0.3 is 9.88 Å². The molecular formula is C20H19ClN2O2. The molecule has 3 aromatic rings. The van der Waals surface area contributed by atoms with Crippen LogP contribution in [0.25, 0.3) is 10.9 Å². The molecule has 0 radical (unpaired) electrons. The van der Waals surface area contributed by atoms with E-state index in [4.69, 9.17) is 11.6 Å². The molecule has 1 aromatic heterocycles. The Balaban J connectivity index is 1.92. The van der Waals surface area contributed by atoms with E-state index < -0.39 is 0 Å². The predicted octanol–water partition coefficient (Wildman–Crippen LogP) is 4.22. The summed E-state index contributed by atoms with van der Waals surface area (Å²) in [6.45, 7) is 5.91. The van der Waals surface area contributed by atoms with Crippen LogP contribution < -0.4 is 10.7 Å². The van der Waals surface area contributed by atoms with Crippen molar-refractivity contribution in [1.82, 2.24) is 4.57 Å². The van der Waals surface area contributed by atoms with E-state index in [1.165, 1.54) is 6.07 Å². The van der Waals surface area contributed by atoms with Gasteiger partial charge in [-0.25, -0.2) is 0 Å². The van der Waals surface area contributed by atoms with Crippen molar-refractivity contribution in [3.63, 3.8) is 0 Å². The maximum absolute atomic E-state index is 12.4. The zero-order valence-electron chi connectivity index (χ0n) is 14.4. The Morgan fingerprint density at radius 3 is 2.56 bits per heavy atom. The molecule has 25 heavy (non-hydrogen) atoms. The second-order valence-electron chi connectivity index (χ2n) is 6.30. The van der Waals surface area contributed by atoms with Crippen molar-refractivity contribution in [2.45, 2.75) is 27.3 Å². The van der Waals surface area contributed by atoms with Crippen molar-refractivity contribution in [2.75, 3.05) is 5.32 Å². The first-order valence-electron chi connectivity index (χ1n) is 8.01. The van der Waals surface area contributed by atoms with E-state index in [-0.39, 0.29) is 17.9 Å². The molecule has 1 N–H and O–H groups in total. The number of nitrogens with zero attached hydrogens (tertiary/aromatic N) is 1. The first kappa shape index (κ1) is 17.2. The number of nitrogens with one attached hydrogen (secondary N) is 1.